The van der Waals surface area contributed by atoms with Crippen LogP contribution in [0.15, 0.2) is 24.3 Å². The Morgan fingerprint density at radius 2 is 1.32 bits per heavy atom. The number of carbonyl (C=O) groups is 2. The highest BCUT2D eigenvalue weighted by atomic mass is 35.5. The molecule has 0 fully saturated rings. The van der Waals surface area contributed by atoms with Gasteiger partial charge in [-0.1, -0.05) is 80.2 Å². The maximum absolute atomic E-state index is 13.8. The third kappa shape index (κ3) is 6.78. The normalized spacial score (nSPS) is 13.7. The third-order valence-electron chi connectivity index (χ3n) is 5.06. The summed E-state index contributed by atoms with van der Waals surface area (Å²) in [5.74, 6) is 0.190. The second kappa shape index (κ2) is 10.3. The minimum absolute atomic E-state index is 0.0950. The van der Waals surface area contributed by atoms with Gasteiger partial charge in [-0.05, 0) is 67.9 Å². The molecule has 2 aromatic rings. The first kappa shape index (κ1) is 26.3. The van der Waals surface area contributed by atoms with Crippen molar-refractivity contribution < 1.29 is 9.59 Å². The molecule has 0 aliphatic rings. The summed E-state index contributed by atoms with van der Waals surface area (Å²) in [6.07, 6.45) is 1.40. The minimum Gasteiger partial charge on any atom is -0.289 e. The number of hydrogen-bond acceptors (Lipinski definition) is 2. The van der Waals surface area contributed by atoms with Crippen LogP contribution in [0.25, 0.3) is 0 Å². The lowest BCUT2D eigenvalue weighted by atomic mass is 9.86. The molecule has 0 saturated carbocycles. The fourth-order valence-electron chi connectivity index (χ4n) is 4.21. The van der Waals surface area contributed by atoms with E-state index in [0.29, 0.717) is 16.7 Å². The van der Waals surface area contributed by atoms with E-state index < -0.39 is 7.92 Å². The van der Waals surface area contributed by atoms with Gasteiger partial charge in [0.25, 0.3) is 0 Å². The second-order valence-electron chi connectivity index (χ2n) is 9.61. The molecular formula is C25H30Cl3O2P. The molecular weight excluding hydrogens is 470 g/mol. The van der Waals surface area contributed by atoms with Crippen LogP contribution in [-0.2, 0) is 0 Å². The van der Waals surface area contributed by atoms with E-state index in [1.807, 2.05) is 32.9 Å². The molecule has 0 saturated heterocycles. The van der Waals surface area contributed by atoms with Crippen LogP contribution < -0.4 is 0 Å². The van der Waals surface area contributed by atoms with Gasteiger partial charge >= 0.3 is 0 Å². The van der Waals surface area contributed by atoms with Crippen molar-refractivity contribution in [3.8, 4) is 0 Å². The topological polar surface area (TPSA) is 34.1 Å². The van der Waals surface area contributed by atoms with Crippen LogP contribution in [0.4, 0.5) is 0 Å². The Hall–Kier alpha value is -0.920. The predicted octanol–water partition coefficient (Wildman–Crippen LogP) is 9.11. The van der Waals surface area contributed by atoms with Crippen LogP contribution in [0.5, 0.6) is 0 Å². The van der Waals surface area contributed by atoms with Gasteiger partial charge in [-0.15, -0.1) is 0 Å². The molecule has 0 aliphatic heterocycles. The Balaban J connectivity index is 2.56. The van der Waals surface area contributed by atoms with E-state index in [9.17, 15) is 9.59 Å². The predicted molar refractivity (Wildman–Crippen MR) is 136 cm³/mol. The van der Waals surface area contributed by atoms with Gasteiger partial charge in [-0.2, -0.15) is 0 Å². The van der Waals surface area contributed by atoms with Crippen LogP contribution in [0.2, 0.25) is 15.1 Å². The van der Waals surface area contributed by atoms with Gasteiger partial charge in [0, 0.05) is 18.5 Å². The molecule has 0 N–H and O–H groups in total. The lowest BCUT2D eigenvalue weighted by Gasteiger charge is -2.27. The van der Waals surface area contributed by atoms with E-state index in [4.69, 9.17) is 34.8 Å². The van der Waals surface area contributed by atoms with Crippen LogP contribution in [-0.4, -0.2) is 17.2 Å². The van der Waals surface area contributed by atoms with Crippen molar-refractivity contribution in [3.63, 3.8) is 0 Å². The molecule has 0 bridgehead atoms. The average molecular weight is 500 g/mol. The lowest BCUT2D eigenvalue weighted by Crippen LogP contribution is -2.19. The Labute approximate surface area is 202 Å². The monoisotopic (exact) mass is 498 g/mol. The van der Waals surface area contributed by atoms with E-state index in [2.05, 4.69) is 27.7 Å². The third-order valence-corrected chi connectivity index (χ3v) is 8.29. The summed E-state index contributed by atoms with van der Waals surface area (Å²) < 4.78 is 0. The molecule has 2 atom stereocenters. The van der Waals surface area contributed by atoms with Gasteiger partial charge < -0.3 is 0 Å². The Kier molecular flexibility index (Phi) is 8.79. The minimum atomic E-state index is -1.70. The van der Waals surface area contributed by atoms with E-state index in [0.717, 1.165) is 23.1 Å². The zero-order valence-corrected chi connectivity index (χ0v) is 22.4. The SMILES string of the molecule is Cc1cc(C)c(C(=O)P(CC(C)CC(C)(C)C)C(=O)c2c(Cl)cc(Cl)cc2Cl)c(C)c1. The van der Waals surface area contributed by atoms with Gasteiger partial charge in [0.05, 0.1) is 15.6 Å². The fourth-order valence-corrected chi connectivity index (χ4v) is 7.74. The van der Waals surface area contributed by atoms with Crippen LogP contribution in [0, 0.1) is 32.1 Å². The highest BCUT2D eigenvalue weighted by molar-refractivity contribution is 7.90. The average Bonchev–Trinajstić information content (AvgIpc) is 2.55. The number of rotatable bonds is 7. The molecule has 2 unspecified atom stereocenters. The highest BCUT2D eigenvalue weighted by Crippen LogP contribution is 2.49. The summed E-state index contributed by atoms with van der Waals surface area (Å²) in [5, 5.41) is 0.723. The van der Waals surface area contributed by atoms with E-state index >= 15 is 0 Å². The number of benzene rings is 2. The summed E-state index contributed by atoms with van der Waals surface area (Å²) >= 11 is 18.8. The number of halogens is 3. The van der Waals surface area contributed by atoms with Crippen molar-refractivity contribution >= 4 is 53.8 Å². The molecule has 2 rings (SSSR count). The molecule has 168 valence electrons. The summed E-state index contributed by atoms with van der Waals surface area (Å²) in [6.45, 7) is 14.4. The van der Waals surface area contributed by atoms with Crippen molar-refractivity contribution in [1.29, 1.82) is 0 Å². The molecule has 0 radical (unpaired) electrons. The molecule has 2 aromatic carbocycles. The van der Waals surface area contributed by atoms with Gasteiger partial charge in [0.1, 0.15) is 0 Å². The van der Waals surface area contributed by atoms with Gasteiger partial charge in [-0.25, -0.2) is 0 Å². The van der Waals surface area contributed by atoms with Gasteiger partial charge in [0.2, 0.25) is 0 Å². The van der Waals surface area contributed by atoms with Crippen LogP contribution in [0.1, 0.15) is 71.5 Å². The van der Waals surface area contributed by atoms with E-state index in [1.54, 1.807) is 0 Å². The maximum atomic E-state index is 13.8. The Morgan fingerprint density at radius 3 is 1.77 bits per heavy atom. The Bertz CT molecular complexity index is 893. The smallest absolute Gasteiger partial charge is 0.195 e. The van der Waals surface area contributed by atoms with Crippen molar-refractivity contribution in [3.05, 3.63) is 67.2 Å². The summed E-state index contributed by atoms with van der Waals surface area (Å²) in [6, 6.07) is 6.97. The van der Waals surface area contributed by atoms with Crippen molar-refractivity contribution in [2.45, 2.75) is 54.9 Å². The lowest BCUT2D eigenvalue weighted by molar-refractivity contribution is 0.105. The molecule has 0 amide bonds. The molecule has 0 heterocycles. The molecule has 31 heavy (non-hydrogen) atoms. The van der Waals surface area contributed by atoms with Gasteiger partial charge in [-0.3, -0.25) is 9.59 Å². The first-order valence-electron chi connectivity index (χ1n) is 10.3. The van der Waals surface area contributed by atoms with Crippen molar-refractivity contribution in [1.82, 2.24) is 0 Å². The van der Waals surface area contributed by atoms with E-state index in [1.165, 1.54) is 12.1 Å². The second-order valence-corrected chi connectivity index (χ2v) is 12.9. The summed E-state index contributed by atoms with van der Waals surface area (Å²) in [4.78, 5) is 27.5. The van der Waals surface area contributed by atoms with Crippen LogP contribution >= 0.6 is 42.7 Å². The zero-order chi connectivity index (χ0) is 23.7. The standard InChI is InChI=1S/C25H30Cl3O2P/c1-14-8-16(3)21(17(4)9-14)23(29)31(13-15(2)12-25(5,6)7)24(30)22-19(27)10-18(26)11-20(22)28/h8-11,15H,12-13H2,1-7H3. The number of hydrogen-bond donors (Lipinski definition) is 0. The summed E-state index contributed by atoms with van der Waals surface area (Å²) in [7, 11) is -1.70. The number of carbonyl (C=O) groups excluding carboxylic acids is 2. The van der Waals surface area contributed by atoms with Gasteiger partial charge in [0.15, 0.2) is 11.0 Å². The summed E-state index contributed by atoms with van der Waals surface area (Å²) in [5.41, 5.74) is 3.39. The fraction of sp³-hybridized carbons (Fsp3) is 0.440. The highest BCUT2D eigenvalue weighted by Gasteiger charge is 2.34. The largest absolute Gasteiger partial charge is 0.289 e. The maximum Gasteiger partial charge on any atom is 0.195 e. The first-order valence-corrected chi connectivity index (χ1v) is 13.0. The first-order chi connectivity index (χ1) is 14.2. The van der Waals surface area contributed by atoms with Crippen molar-refractivity contribution in [2.75, 3.05) is 6.16 Å². The zero-order valence-electron chi connectivity index (χ0n) is 19.2. The Morgan fingerprint density at radius 1 is 0.871 bits per heavy atom. The molecule has 0 aromatic heterocycles. The molecule has 6 heteroatoms. The quantitative estimate of drug-likeness (QED) is 0.356. The van der Waals surface area contributed by atoms with E-state index in [-0.39, 0.29) is 38.0 Å². The molecule has 0 aliphatic carbocycles. The molecule has 0 spiro atoms. The van der Waals surface area contributed by atoms with Crippen LogP contribution in [0.3, 0.4) is 0 Å². The molecule has 2 nitrogen and oxygen atoms in total. The number of aryl methyl sites for hydroxylation is 3. The van der Waals surface area contributed by atoms with Crippen molar-refractivity contribution in [2.24, 2.45) is 11.3 Å².